The first-order chi connectivity index (χ1) is 9.49. The van der Waals surface area contributed by atoms with Gasteiger partial charge in [0.15, 0.2) is 6.10 Å². The third-order valence-corrected chi connectivity index (χ3v) is 2.98. The van der Waals surface area contributed by atoms with Crippen molar-refractivity contribution in [1.82, 2.24) is 10.6 Å². The Morgan fingerprint density at radius 1 is 1.30 bits per heavy atom. The molecule has 0 spiro atoms. The first-order valence-electron chi connectivity index (χ1n) is 6.96. The Morgan fingerprint density at radius 3 is 2.55 bits per heavy atom. The van der Waals surface area contributed by atoms with E-state index in [9.17, 15) is 9.18 Å². The summed E-state index contributed by atoms with van der Waals surface area (Å²) < 4.78 is 19.4. The fraction of sp³-hybridized carbons (Fsp3) is 0.533. The number of hydrogen-bond donors (Lipinski definition) is 2. The molecule has 0 aliphatic rings. The van der Waals surface area contributed by atoms with Crippen molar-refractivity contribution in [1.29, 1.82) is 0 Å². The zero-order valence-electron chi connectivity index (χ0n) is 12.5. The van der Waals surface area contributed by atoms with Gasteiger partial charge >= 0.3 is 0 Å². The summed E-state index contributed by atoms with van der Waals surface area (Å²) in [6.07, 6.45) is -0.647. The molecule has 0 aliphatic carbocycles. The Kier molecular flexibility index (Phi) is 6.45. The summed E-state index contributed by atoms with van der Waals surface area (Å²) in [5.74, 6) is -0.189. The number of carbonyl (C=O) groups is 1. The van der Waals surface area contributed by atoms with Crippen LogP contribution in [0.15, 0.2) is 18.2 Å². The molecule has 0 fully saturated rings. The van der Waals surface area contributed by atoms with Crippen molar-refractivity contribution in [2.75, 3.05) is 13.1 Å². The summed E-state index contributed by atoms with van der Waals surface area (Å²) in [6.45, 7) is 8.66. The maximum absolute atomic E-state index is 14.0. The van der Waals surface area contributed by atoms with Crippen LogP contribution in [-0.2, 0) is 4.79 Å². The average Bonchev–Trinajstić information content (AvgIpc) is 2.39. The third kappa shape index (κ3) is 4.49. The van der Waals surface area contributed by atoms with Crippen molar-refractivity contribution in [3.8, 4) is 5.75 Å². The van der Waals surface area contributed by atoms with E-state index in [1.165, 1.54) is 6.07 Å². The Morgan fingerprint density at radius 2 is 2.00 bits per heavy atom. The van der Waals surface area contributed by atoms with Gasteiger partial charge in [-0.3, -0.25) is 4.79 Å². The lowest BCUT2D eigenvalue weighted by atomic mass is 10.1. The van der Waals surface area contributed by atoms with E-state index >= 15 is 0 Å². The summed E-state index contributed by atoms with van der Waals surface area (Å²) in [5, 5.41) is 5.81. The highest BCUT2D eigenvalue weighted by molar-refractivity contribution is 5.80. The highest BCUT2D eigenvalue weighted by Crippen LogP contribution is 2.22. The summed E-state index contributed by atoms with van der Waals surface area (Å²) >= 11 is 0. The minimum Gasteiger partial charge on any atom is -0.481 e. The maximum atomic E-state index is 14.0. The molecule has 0 saturated heterocycles. The molecule has 0 aromatic heterocycles. The van der Waals surface area contributed by atoms with Crippen LogP contribution >= 0.6 is 0 Å². The van der Waals surface area contributed by atoms with Crippen molar-refractivity contribution < 1.29 is 13.9 Å². The van der Waals surface area contributed by atoms with Crippen LogP contribution in [-0.4, -0.2) is 25.1 Å². The van der Waals surface area contributed by atoms with Crippen LogP contribution in [0.2, 0.25) is 0 Å². The first-order valence-corrected chi connectivity index (χ1v) is 6.96. The van der Waals surface area contributed by atoms with E-state index in [0.717, 1.165) is 6.54 Å². The largest absolute Gasteiger partial charge is 0.481 e. The summed E-state index contributed by atoms with van der Waals surface area (Å²) in [6, 6.07) is 4.62. The molecule has 2 atom stereocenters. The van der Waals surface area contributed by atoms with Gasteiger partial charge in [0.2, 0.25) is 0 Å². The van der Waals surface area contributed by atoms with E-state index in [4.69, 9.17) is 4.74 Å². The molecule has 0 heterocycles. The van der Waals surface area contributed by atoms with Crippen LogP contribution < -0.4 is 15.4 Å². The van der Waals surface area contributed by atoms with Gasteiger partial charge in [-0.25, -0.2) is 4.39 Å². The van der Waals surface area contributed by atoms with Crippen LogP contribution in [0.25, 0.3) is 0 Å². The Bertz CT molecular complexity index is 451. The van der Waals surface area contributed by atoms with Crippen molar-refractivity contribution >= 4 is 5.91 Å². The van der Waals surface area contributed by atoms with Crippen molar-refractivity contribution in [2.45, 2.75) is 39.8 Å². The van der Waals surface area contributed by atoms with Gasteiger partial charge in [-0.1, -0.05) is 13.0 Å². The molecule has 1 amide bonds. The van der Waals surface area contributed by atoms with E-state index < -0.39 is 6.10 Å². The zero-order valence-corrected chi connectivity index (χ0v) is 12.5. The second-order valence-electron chi connectivity index (χ2n) is 4.62. The van der Waals surface area contributed by atoms with Gasteiger partial charge in [0.25, 0.3) is 5.91 Å². The lowest BCUT2D eigenvalue weighted by molar-refractivity contribution is -0.127. The van der Waals surface area contributed by atoms with Gasteiger partial charge in [-0.05, 0) is 33.4 Å². The molecule has 0 radical (unpaired) electrons. The second kappa shape index (κ2) is 7.85. The average molecular weight is 282 g/mol. The molecule has 0 bridgehead atoms. The zero-order chi connectivity index (χ0) is 15.1. The maximum Gasteiger partial charge on any atom is 0.260 e. The standard InChI is InChI=1S/C15H23FN2O2/c1-5-17-10(3)13-8-7-12(9-14(13)16)20-11(4)15(19)18-6-2/h7-11,17H,5-6H2,1-4H3,(H,18,19). The van der Waals surface area contributed by atoms with Crippen LogP contribution in [0.4, 0.5) is 4.39 Å². The molecule has 112 valence electrons. The van der Waals surface area contributed by atoms with Gasteiger partial charge in [-0.15, -0.1) is 0 Å². The lowest BCUT2D eigenvalue weighted by Gasteiger charge is -2.17. The molecular weight excluding hydrogens is 259 g/mol. The van der Waals surface area contributed by atoms with Crippen molar-refractivity contribution in [3.63, 3.8) is 0 Å². The molecule has 4 nitrogen and oxygen atoms in total. The van der Waals surface area contributed by atoms with E-state index in [0.29, 0.717) is 17.9 Å². The van der Waals surface area contributed by atoms with E-state index in [1.807, 2.05) is 20.8 Å². The van der Waals surface area contributed by atoms with Crippen LogP contribution in [0.5, 0.6) is 5.75 Å². The monoisotopic (exact) mass is 282 g/mol. The number of benzene rings is 1. The summed E-state index contributed by atoms with van der Waals surface area (Å²) in [4.78, 5) is 11.6. The second-order valence-corrected chi connectivity index (χ2v) is 4.62. The van der Waals surface area contributed by atoms with E-state index in [1.54, 1.807) is 19.1 Å². The highest BCUT2D eigenvalue weighted by atomic mass is 19.1. The molecule has 2 N–H and O–H groups in total. The quantitative estimate of drug-likeness (QED) is 0.807. The SMILES string of the molecule is CCNC(=O)C(C)Oc1ccc(C(C)NCC)c(F)c1. The number of rotatable bonds is 7. The number of carbonyl (C=O) groups excluding carboxylic acids is 1. The lowest BCUT2D eigenvalue weighted by Crippen LogP contribution is -2.36. The van der Waals surface area contributed by atoms with Crippen LogP contribution in [0.3, 0.4) is 0 Å². The number of likely N-dealkylation sites (N-methyl/N-ethyl adjacent to an activating group) is 1. The summed E-state index contributed by atoms with van der Waals surface area (Å²) in [5.41, 5.74) is 0.588. The third-order valence-electron chi connectivity index (χ3n) is 2.98. The minimum absolute atomic E-state index is 0.0603. The van der Waals surface area contributed by atoms with Gasteiger partial charge < -0.3 is 15.4 Å². The molecule has 1 aromatic rings. The molecule has 1 rings (SSSR count). The van der Waals surface area contributed by atoms with Crippen LogP contribution in [0, 0.1) is 5.82 Å². The predicted octanol–water partition coefficient (Wildman–Crippen LogP) is 2.40. The van der Waals surface area contributed by atoms with Gasteiger partial charge in [-0.2, -0.15) is 0 Å². The Balaban J connectivity index is 2.74. The summed E-state index contributed by atoms with van der Waals surface area (Å²) in [7, 11) is 0. The molecular formula is C15H23FN2O2. The van der Waals surface area contributed by atoms with E-state index in [-0.39, 0.29) is 17.8 Å². The van der Waals surface area contributed by atoms with Crippen molar-refractivity contribution in [2.24, 2.45) is 0 Å². The topological polar surface area (TPSA) is 50.4 Å². The molecule has 1 aromatic carbocycles. The van der Waals surface area contributed by atoms with Crippen LogP contribution in [0.1, 0.15) is 39.3 Å². The van der Waals surface area contributed by atoms with Gasteiger partial charge in [0.1, 0.15) is 11.6 Å². The molecule has 5 heteroatoms. The molecule has 0 saturated carbocycles. The minimum atomic E-state index is -0.647. The fourth-order valence-electron chi connectivity index (χ4n) is 1.92. The highest BCUT2D eigenvalue weighted by Gasteiger charge is 2.15. The number of halogens is 1. The van der Waals surface area contributed by atoms with E-state index in [2.05, 4.69) is 10.6 Å². The predicted molar refractivity (Wildman–Crippen MR) is 77.3 cm³/mol. The number of hydrogen-bond acceptors (Lipinski definition) is 3. The molecule has 0 aliphatic heterocycles. The number of amides is 1. The van der Waals surface area contributed by atoms with Gasteiger partial charge in [0, 0.05) is 24.2 Å². The fourth-order valence-corrected chi connectivity index (χ4v) is 1.92. The smallest absolute Gasteiger partial charge is 0.260 e. The normalized spacial score (nSPS) is 13.7. The van der Waals surface area contributed by atoms with Crippen molar-refractivity contribution in [3.05, 3.63) is 29.6 Å². The number of nitrogens with one attached hydrogen (secondary N) is 2. The Labute approximate surface area is 119 Å². The molecule has 20 heavy (non-hydrogen) atoms. The Hall–Kier alpha value is -1.62. The molecule has 2 unspecified atom stereocenters. The van der Waals surface area contributed by atoms with Gasteiger partial charge in [0.05, 0.1) is 0 Å². The first kappa shape index (κ1) is 16.4. The number of ether oxygens (including phenoxy) is 1.